The largest absolute Gasteiger partial charge is 0.394 e. The summed E-state index contributed by atoms with van der Waals surface area (Å²) in [6.07, 6.45) is 0. The number of carbonyl (C=O) groups excluding carboxylic acids is 1. The van der Waals surface area contributed by atoms with Gasteiger partial charge in [0.25, 0.3) is 5.91 Å². The van der Waals surface area contributed by atoms with Crippen LogP contribution in [0.5, 0.6) is 0 Å². The molecular formula is C18H19N3O2S. The number of aromatic nitrogens is 2. The molecule has 24 heavy (non-hydrogen) atoms. The van der Waals surface area contributed by atoms with Crippen molar-refractivity contribution >= 4 is 23.1 Å². The fourth-order valence-electron chi connectivity index (χ4n) is 2.51. The lowest BCUT2D eigenvalue weighted by molar-refractivity contribution is 0.102. The maximum Gasteiger partial charge on any atom is 0.257 e. The molecule has 2 heterocycles. The van der Waals surface area contributed by atoms with Crippen LogP contribution in [-0.2, 0) is 6.54 Å². The molecule has 0 saturated heterocycles. The van der Waals surface area contributed by atoms with Gasteiger partial charge in [0.15, 0.2) is 0 Å². The monoisotopic (exact) mass is 341 g/mol. The first-order valence-corrected chi connectivity index (χ1v) is 8.58. The van der Waals surface area contributed by atoms with Gasteiger partial charge in [0.1, 0.15) is 11.5 Å². The first-order valence-electron chi connectivity index (χ1n) is 7.70. The third-order valence-corrected chi connectivity index (χ3v) is 4.85. The van der Waals surface area contributed by atoms with Crippen LogP contribution in [0.2, 0.25) is 0 Å². The van der Waals surface area contributed by atoms with Gasteiger partial charge in [0.05, 0.1) is 18.0 Å². The molecule has 0 aliphatic rings. The Bertz CT molecular complexity index is 853. The van der Waals surface area contributed by atoms with E-state index in [0.29, 0.717) is 17.9 Å². The van der Waals surface area contributed by atoms with Crippen LogP contribution in [0.25, 0.3) is 10.6 Å². The molecule has 0 spiro atoms. The van der Waals surface area contributed by atoms with Crippen LogP contribution in [-0.4, -0.2) is 27.4 Å². The van der Waals surface area contributed by atoms with E-state index in [9.17, 15) is 9.90 Å². The molecule has 1 aromatic carbocycles. The zero-order valence-corrected chi connectivity index (χ0v) is 14.4. The highest BCUT2D eigenvalue weighted by atomic mass is 32.1. The van der Waals surface area contributed by atoms with Gasteiger partial charge in [-0.2, -0.15) is 5.10 Å². The fraction of sp³-hybridized carbons (Fsp3) is 0.222. The number of nitrogens with zero attached hydrogens (tertiary/aromatic N) is 2. The van der Waals surface area contributed by atoms with Crippen LogP contribution in [0.15, 0.2) is 41.8 Å². The molecule has 3 rings (SSSR count). The predicted molar refractivity (Wildman–Crippen MR) is 96.5 cm³/mol. The van der Waals surface area contributed by atoms with E-state index >= 15 is 0 Å². The van der Waals surface area contributed by atoms with Crippen molar-refractivity contribution in [3.63, 3.8) is 0 Å². The Morgan fingerprint density at radius 2 is 2.12 bits per heavy atom. The average molecular weight is 341 g/mol. The molecule has 0 fully saturated rings. The van der Waals surface area contributed by atoms with Gasteiger partial charge in [-0.05, 0) is 42.5 Å². The molecule has 124 valence electrons. The number of carbonyl (C=O) groups is 1. The lowest BCUT2D eigenvalue weighted by Gasteiger charge is -2.10. The molecule has 2 aromatic heterocycles. The van der Waals surface area contributed by atoms with Gasteiger partial charge in [0.2, 0.25) is 0 Å². The topological polar surface area (TPSA) is 67.2 Å². The summed E-state index contributed by atoms with van der Waals surface area (Å²) in [7, 11) is 0. The van der Waals surface area contributed by atoms with Gasteiger partial charge >= 0.3 is 0 Å². The lowest BCUT2D eigenvalue weighted by atomic mass is 10.0. The minimum Gasteiger partial charge on any atom is -0.394 e. The van der Waals surface area contributed by atoms with E-state index < -0.39 is 0 Å². The number of rotatable bonds is 5. The molecule has 0 aliphatic carbocycles. The molecule has 6 heteroatoms. The maximum atomic E-state index is 12.6. The van der Waals surface area contributed by atoms with Crippen LogP contribution in [0.1, 0.15) is 21.5 Å². The third-order valence-electron chi connectivity index (χ3n) is 3.96. The summed E-state index contributed by atoms with van der Waals surface area (Å²) in [4.78, 5) is 13.6. The molecule has 2 N–H and O–H groups in total. The van der Waals surface area contributed by atoms with Crippen LogP contribution in [0.3, 0.4) is 0 Å². The van der Waals surface area contributed by atoms with Crippen molar-refractivity contribution in [2.75, 3.05) is 11.9 Å². The Morgan fingerprint density at radius 3 is 2.83 bits per heavy atom. The van der Waals surface area contributed by atoms with Gasteiger partial charge in [-0.3, -0.25) is 4.79 Å². The molecule has 5 nitrogen and oxygen atoms in total. The fourth-order valence-corrected chi connectivity index (χ4v) is 3.19. The van der Waals surface area contributed by atoms with Crippen molar-refractivity contribution < 1.29 is 9.90 Å². The number of nitrogens with one attached hydrogen (secondary N) is 1. The molecule has 0 saturated carbocycles. The molecule has 0 unspecified atom stereocenters. The lowest BCUT2D eigenvalue weighted by Crippen LogP contribution is -2.17. The van der Waals surface area contributed by atoms with E-state index in [-0.39, 0.29) is 12.5 Å². The van der Waals surface area contributed by atoms with Crippen molar-refractivity contribution in [3.05, 3.63) is 58.5 Å². The highest BCUT2D eigenvalue weighted by Gasteiger charge is 2.15. The van der Waals surface area contributed by atoms with E-state index in [2.05, 4.69) is 10.4 Å². The van der Waals surface area contributed by atoms with Gasteiger partial charge in [-0.25, -0.2) is 4.68 Å². The van der Waals surface area contributed by atoms with Crippen molar-refractivity contribution in [2.24, 2.45) is 0 Å². The number of aliphatic hydroxyl groups is 1. The summed E-state index contributed by atoms with van der Waals surface area (Å²) < 4.78 is 1.62. The van der Waals surface area contributed by atoms with Crippen LogP contribution >= 0.6 is 11.3 Å². The normalized spacial score (nSPS) is 10.8. The summed E-state index contributed by atoms with van der Waals surface area (Å²) >= 11 is 1.58. The second kappa shape index (κ2) is 6.98. The number of hydrogen-bond acceptors (Lipinski definition) is 4. The molecular weight excluding hydrogens is 322 g/mol. The summed E-state index contributed by atoms with van der Waals surface area (Å²) in [5.41, 5.74) is 3.46. The number of benzene rings is 1. The Balaban J connectivity index is 1.91. The number of aliphatic hydroxyl groups excluding tert-OH is 1. The van der Waals surface area contributed by atoms with E-state index in [0.717, 1.165) is 21.7 Å². The number of aryl methyl sites for hydroxylation is 1. The standard InChI is InChI=1S/C18H19N3O2S/c1-12-5-3-6-14(13(12)2)18(23)19-17-11-15(16-7-4-10-24-16)20-21(17)8-9-22/h3-7,10-11,22H,8-9H2,1-2H3,(H,19,23). The minimum atomic E-state index is -0.173. The van der Waals surface area contributed by atoms with Crippen LogP contribution < -0.4 is 5.32 Å². The smallest absolute Gasteiger partial charge is 0.257 e. The molecule has 0 atom stereocenters. The third kappa shape index (κ3) is 3.25. The highest BCUT2D eigenvalue weighted by molar-refractivity contribution is 7.13. The molecule has 0 bridgehead atoms. The summed E-state index contributed by atoms with van der Waals surface area (Å²) in [5.74, 6) is 0.409. The first-order chi connectivity index (χ1) is 11.6. The van der Waals surface area contributed by atoms with E-state index in [4.69, 9.17) is 0 Å². The Hall–Kier alpha value is -2.44. The maximum absolute atomic E-state index is 12.6. The number of thiophene rings is 1. The van der Waals surface area contributed by atoms with E-state index in [1.807, 2.05) is 55.6 Å². The average Bonchev–Trinajstić information content (AvgIpc) is 3.20. The van der Waals surface area contributed by atoms with Crippen LogP contribution in [0.4, 0.5) is 5.82 Å². The molecule has 0 aliphatic heterocycles. The van der Waals surface area contributed by atoms with Crippen molar-refractivity contribution in [1.82, 2.24) is 9.78 Å². The summed E-state index contributed by atoms with van der Waals surface area (Å²) in [6.45, 7) is 4.20. The highest BCUT2D eigenvalue weighted by Crippen LogP contribution is 2.26. The molecule has 3 aromatic rings. The van der Waals surface area contributed by atoms with E-state index in [1.165, 1.54) is 0 Å². The quantitative estimate of drug-likeness (QED) is 0.747. The van der Waals surface area contributed by atoms with Crippen molar-refractivity contribution in [1.29, 1.82) is 0 Å². The SMILES string of the molecule is Cc1cccc(C(=O)Nc2cc(-c3cccs3)nn2CCO)c1C. The van der Waals surface area contributed by atoms with Crippen LogP contribution in [0, 0.1) is 13.8 Å². The van der Waals surface area contributed by atoms with Gasteiger partial charge in [-0.15, -0.1) is 11.3 Å². The Kier molecular flexibility index (Phi) is 4.78. The summed E-state index contributed by atoms with van der Waals surface area (Å²) in [6, 6.07) is 11.4. The molecule has 0 radical (unpaired) electrons. The zero-order chi connectivity index (χ0) is 17.1. The second-order valence-corrected chi connectivity index (χ2v) is 6.49. The van der Waals surface area contributed by atoms with Gasteiger partial charge in [0, 0.05) is 11.6 Å². The number of amides is 1. The second-order valence-electron chi connectivity index (χ2n) is 5.54. The predicted octanol–water partition coefficient (Wildman–Crippen LogP) is 3.47. The Labute approximate surface area is 144 Å². The van der Waals surface area contributed by atoms with Gasteiger partial charge < -0.3 is 10.4 Å². The van der Waals surface area contributed by atoms with E-state index in [1.54, 1.807) is 16.0 Å². The van der Waals surface area contributed by atoms with Crippen molar-refractivity contribution in [2.45, 2.75) is 20.4 Å². The zero-order valence-electron chi connectivity index (χ0n) is 13.6. The Morgan fingerprint density at radius 1 is 1.29 bits per heavy atom. The molecule has 1 amide bonds. The van der Waals surface area contributed by atoms with Crippen molar-refractivity contribution in [3.8, 4) is 10.6 Å². The number of anilines is 1. The number of hydrogen-bond donors (Lipinski definition) is 2. The van der Waals surface area contributed by atoms with Gasteiger partial charge in [-0.1, -0.05) is 18.2 Å². The first kappa shape index (κ1) is 16.4. The summed E-state index contributed by atoms with van der Waals surface area (Å²) in [5, 5.41) is 18.6. The minimum absolute atomic E-state index is 0.0437.